The second kappa shape index (κ2) is 8.27. The number of para-hydroxylation sites is 1. The summed E-state index contributed by atoms with van der Waals surface area (Å²) in [5, 5.41) is 5.05. The van der Waals surface area contributed by atoms with Crippen molar-refractivity contribution in [3.8, 4) is 17.0 Å². The molecular formula is C22H21N3O2S. The van der Waals surface area contributed by atoms with E-state index in [-0.39, 0.29) is 5.91 Å². The minimum Gasteiger partial charge on any atom is -0.496 e. The van der Waals surface area contributed by atoms with E-state index in [4.69, 9.17) is 9.72 Å². The lowest BCUT2D eigenvalue weighted by molar-refractivity contribution is -0.121. The Bertz CT molecular complexity index is 1090. The summed E-state index contributed by atoms with van der Waals surface area (Å²) in [7, 11) is 1.64. The number of fused-ring (bicyclic) bond motifs is 1. The van der Waals surface area contributed by atoms with E-state index in [1.165, 1.54) is 0 Å². The molecule has 0 saturated carbocycles. The van der Waals surface area contributed by atoms with Crippen LogP contribution in [-0.2, 0) is 17.8 Å². The largest absolute Gasteiger partial charge is 0.496 e. The van der Waals surface area contributed by atoms with Crippen molar-refractivity contribution >= 4 is 22.2 Å². The number of aromatic nitrogens is 2. The van der Waals surface area contributed by atoms with Crippen molar-refractivity contribution in [1.29, 1.82) is 0 Å². The van der Waals surface area contributed by atoms with Gasteiger partial charge in [0.2, 0.25) is 5.91 Å². The molecule has 6 heteroatoms. The van der Waals surface area contributed by atoms with Crippen LogP contribution in [0.15, 0.2) is 66.2 Å². The van der Waals surface area contributed by atoms with Crippen molar-refractivity contribution in [3.63, 3.8) is 0 Å². The second-order valence-corrected chi connectivity index (χ2v) is 7.30. The normalized spacial score (nSPS) is 10.9. The summed E-state index contributed by atoms with van der Waals surface area (Å²) in [6.45, 7) is 0.463. The topological polar surface area (TPSA) is 55.6 Å². The molecule has 0 unspecified atom stereocenters. The highest BCUT2D eigenvalue weighted by Crippen LogP contribution is 2.24. The molecule has 142 valence electrons. The Morgan fingerprint density at radius 2 is 1.93 bits per heavy atom. The molecule has 4 aromatic rings. The average molecular weight is 391 g/mol. The van der Waals surface area contributed by atoms with Gasteiger partial charge in [-0.1, -0.05) is 48.5 Å². The molecule has 0 aliphatic rings. The van der Waals surface area contributed by atoms with E-state index in [2.05, 4.69) is 27.2 Å². The quantitative estimate of drug-likeness (QED) is 0.510. The van der Waals surface area contributed by atoms with Crippen LogP contribution in [-0.4, -0.2) is 22.4 Å². The SMILES string of the molecule is COc1ccccc1CNC(=O)CCc1csc2nc(-c3ccccc3)cn12. The summed E-state index contributed by atoms with van der Waals surface area (Å²) >= 11 is 1.60. The van der Waals surface area contributed by atoms with Crippen LogP contribution in [0.5, 0.6) is 5.75 Å². The minimum absolute atomic E-state index is 0.0219. The predicted octanol–water partition coefficient (Wildman–Crippen LogP) is 4.32. The zero-order valence-electron chi connectivity index (χ0n) is 15.6. The number of imidazole rings is 1. The van der Waals surface area contributed by atoms with E-state index in [0.29, 0.717) is 19.4 Å². The first-order valence-corrected chi connectivity index (χ1v) is 10.0. The number of carbonyl (C=O) groups is 1. The second-order valence-electron chi connectivity index (χ2n) is 6.46. The Balaban J connectivity index is 1.38. The van der Waals surface area contributed by atoms with E-state index in [0.717, 1.165) is 33.2 Å². The van der Waals surface area contributed by atoms with Crippen LogP contribution in [0.1, 0.15) is 17.7 Å². The highest BCUT2D eigenvalue weighted by atomic mass is 32.1. The van der Waals surface area contributed by atoms with Crippen LogP contribution in [0.3, 0.4) is 0 Å². The molecule has 0 aliphatic heterocycles. The summed E-state index contributed by atoms with van der Waals surface area (Å²) in [5.41, 5.74) is 4.12. The molecule has 1 amide bonds. The fraction of sp³-hybridized carbons (Fsp3) is 0.182. The van der Waals surface area contributed by atoms with Gasteiger partial charge in [-0.15, -0.1) is 11.3 Å². The first-order chi connectivity index (χ1) is 13.7. The number of thiazole rings is 1. The van der Waals surface area contributed by atoms with Crippen molar-refractivity contribution in [2.75, 3.05) is 7.11 Å². The third-order valence-electron chi connectivity index (χ3n) is 4.63. The van der Waals surface area contributed by atoms with E-state index >= 15 is 0 Å². The lowest BCUT2D eigenvalue weighted by Gasteiger charge is -2.09. The fourth-order valence-electron chi connectivity index (χ4n) is 3.13. The molecule has 2 aromatic carbocycles. The van der Waals surface area contributed by atoms with Gasteiger partial charge in [0.05, 0.1) is 12.8 Å². The van der Waals surface area contributed by atoms with Crippen LogP contribution in [0.4, 0.5) is 0 Å². The molecule has 0 radical (unpaired) electrons. The number of amides is 1. The van der Waals surface area contributed by atoms with E-state index < -0.39 is 0 Å². The van der Waals surface area contributed by atoms with Crippen molar-refractivity contribution in [2.45, 2.75) is 19.4 Å². The molecule has 0 aliphatic carbocycles. The van der Waals surface area contributed by atoms with Crippen LogP contribution >= 0.6 is 11.3 Å². The molecule has 0 fully saturated rings. The molecular weight excluding hydrogens is 370 g/mol. The third kappa shape index (κ3) is 3.92. The van der Waals surface area contributed by atoms with Gasteiger partial charge in [-0.25, -0.2) is 4.98 Å². The highest BCUT2D eigenvalue weighted by Gasteiger charge is 2.11. The predicted molar refractivity (Wildman–Crippen MR) is 112 cm³/mol. The van der Waals surface area contributed by atoms with Crippen LogP contribution < -0.4 is 10.1 Å². The number of benzene rings is 2. The molecule has 0 bridgehead atoms. The zero-order chi connectivity index (χ0) is 19.3. The van der Waals surface area contributed by atoms with Gasteiger partial charge >= 0.3 is 0 Å². The van der Waals surface area contributed by atoms with Gasteiger partial charge < -0.3 is 10.1 Å². The number of nitrogens with zero attached hydrogens (tertiary/aromatic N) is 2. The van der Waals surface area contributed by atoms with Gasteiger partial charge in [0.1, 0.15) is 5.75 Å². The summed E-state index contributed by atoms with van der Waals surface area (Å²) in [5.74, 6) is 0.808. The minimum atomic E-state index is 0.0219. The van der Waals surface area contributed by atoms with Gasteiger partial charge in [0.25, 0.3) is 0 Å². The number of nitrogens with one attached hydrogen (secondary N) is 1. The summed E-state index contributed by atoms with van der Waals surface area (Å²) in [4.78, 5) is 17.9. The molecule has 2 aromatic heterocycles. The Kier molecular flexibility index (Phi) is 5.39. The van der Waals surface area contributed by atoms with Gasteiger partial charge in [0.15, 0.2) is 4.96 Å². The van der Waals surface area contributed by atoms with E-state index in [1.807, 2.05) is 48.7 Å². The van der Waals surface area contributed by atoms with Gasteiger partial charge in [-0.05, 0) is 12.5 Å². The third-order valence-corrected chi connectivity index (χ3v) is 5.52. The van der Waals surface area contributed by atoms with Gasteiger partial charge in [0, 0.05) is 41.4 Å². The Labute approximate surface area is 167 Å². The fourth-order valence-corrected chi connectivity index (χ4v) is 4.04. The Hall–Kier alpha value is -3.12. The summed E-state index contributed by atoms with van der Waals surface area (Å²) in [6.07, 6.45) is 3.14. The molecule has 0 spiro atoms. The Morgan fingerprint density at radius 3 is 2.75 bits per heavy atom. The maximum Gasteiger partial charge on any atom is 0.220 e. The zero-order valence-corrected chi connectivity index (χ0v) is 16.4. The maximum atomic E-state index is 12.3. The standard InChI is InChI=1S/C22H21N3O2S/c1-27-20-10-6-5-9-17(20)13-23-21(26)12-11-18-15-28-22-24-19(14-25(18)22)16-7-3-2-4-8-16/h2-10,14-15H,11-13H2,1H3,(H,23,26). The highest BCUT2D eigenvalue weighted by molar-refractivity contribution is 7.15. The Morgan fingerprint density at radius 1 is 1.14 bits per heavy atom. The number of methoxy groups -OCH3 is 1. The van der Waals surface area contributed by atoms with Crippen LogP contribution in [0.2, 0.25) is 0 Å². The van der Waals surface area contributed by atoms with E-state index in [9.17, 15) is 4.79 Å². The number of rotatable bonds is 7. The summed E-state index contributed by atoms with van der Waals surface area (Å²) < 4.78 is 7.41. The lowest BCUT2D eigenvalue weighted by Crippen LogP contribution is -2.23. The molecule has 5 nitrogen and oxygen atoms in total. The average Bonchev–Trinajstić information content (AvgIpc) is 3.33. The maximum absolute atomic E-state index is 12.3. The number of aryl methyl sites for hydroxylation is 1. The molecule has 0 atom stereocenters. The van der Waals surface area contributed by atoms with Gasteiger partial charge in [-0.2, -0.15) is 0 Å². The number of ether oxygens (including phenoxy) is 1. The van der Waals surface area contributed by atoms with Crippen LogP contribution in [0, 0.1) is 0 Å². The van der Waals surface area contributed by atoms with E-state index in [1.54, 1.807) is 18.4 Å². The molecule has 1 N–H and O–H groups in total. The number of hydrogen-bond donors (Lipinski definition) is 1. The van der Waals surface area contributed by atoms with Crippen LogP contribution in [0.25, 0.3) is 16.2 Å². The number of hydrogen-bond acceptors (Lipinski definition) is 4. The van der Waals surface area contributed by atoms with Crippen molar-refractivity contribution in [3.05, 3.63) is 77.4 Å². The summed E-state index contributed by atoms with van der Waals surface area (Å²) in [6, 6.07) is 17.8. The smallest absolute Gasteiger partial charge is 0.220 e. The van der Waals surface area contributed by atoms with Gasteiger partial charge in [-0.3, -0.25) is 9.20 Å². The number of carbonyl (C=O) groups excluding carboxylic acids is 1. The van der Waals surface area contributed by atoms with Crippen molar-refractivity contribution in [2.24, 2.45) is 0 Å². The molecule has 0 saturated heterocycles. The molecule has 4 rings (SSSR count). The van der Waals surface area contributed by atoms with Crippen molar-refractivity contribution in [1.82, 2.24) is 14.7 Å². The first kappa shape index (κ1) is 18.3. The molecule has 2 heterocycles. The molecule has 28 heavy (non-hydrogen) atoms. The lowest BCUT2D eigenvalue weighted by atomic mass is 10.2. The monoisotopic (exact) mass is 391 g/mol. The first-order valence-electron chi connectivity index (χ1n) is 9.14. The van der Waals surface area contributed by atoms with Crippen molar-refractivity contribution < 1.29 is 9.53 Å².